The number of nitrogens with zero attached hydrogens (tertiary/aromatic N) is 1. The standard InChI is InChI=1S/C18H18N4O2/c1-12(23)21-17(18(24)22-14-6-8-19-9-7-14)10-13-11-20-16-5-3-2-4-15(13)16/h2-9,11,17,20H,10H2,1H3,(H,21,23)(H,19,22,24)/t17-/m0/s1. The quantitative estimate of drug-likeness (QED) is 0.673. The fourth-order valence-corrected chi connectivity index (χ4v) is 2.64. The van der Waals surface area contributed by atoms with Crippen LogP contribution in [-0.4, -0.2) is 27.8 Å². The van der Waals surface area contributed by atoms with E-state index in [0.29, 0.717) is 12.1 Å². The number of rotatable bonds is 5. The lowest BCUT2D eigenvalue weighted by Gasteiger charge is -2.17. The van der Waals surface area contributed by atoms with Gasteiger partial charge in [0.1, 0.15) is 6.04 Å². The largest absolute Gasteiger partial charge is 0.361 e. The smallest absolute Gasteiger partial charge is 0.247 e. The normalized spacial score (nSPS) is 11.9. The predicted molar refractivity (Wildman–Crippen MR) is 92.5 cm³/mol. The number of nitrogens with one attached hydrogen (secondary N) is 3. The summed E-state index contributed by atoms with van der Waals surface area (Å²) in [7, 11) is 0. The number of fused-ring (bicyclic) bond motifs is 1. The average molecular weight is 322 g/mol. The summed E-state index contributed by atoms with van der Waals surface area (Å²) in [5.41, 5.74) is 2.63. The van der Waals surface area contributed by atoms with Gasteiger partial charge in [0.05, 0.1) is 0 Å². The monoisotopic (exact) mass is 322 g/mol. The second-order valence-electron chi connectivity index (χ2n) is 5.54. The summed E-state index contributed by atoms with van der Waals surface area (Å²) in [5, 5.41) is 6.57. The van der Waals surface area contributed by atoms with E-state index < -0.39 is 6.04 Å². The van der Waals surface area contributed by atoms with Crippen LogP contribution in [0.25, 0.3) is 10.9 Å². The first kappa shape index (κ1) is 15.7. The number of pyridine rings is 1. The molecule has 3 rings (SSSR count). The molecule has 0 saturated carbocycles. The maximum absolute atomic E-state index is 12.6. The van der Waals surface area contributed by atoms with Gasteiger partial charge in [-0.3, -0.25) is 14.6 Å². The number of hydrogen-bond acceptors (Lipinski definition) is 3. The highest BCUT2D eigenvalue weighted by Gasteiger charge is 2.21. The molecule has 122 valence electrons. The fourth-order valence-electron chi connectivity index (χ4n) is 2.64. The Hall–Kier alpha value is -3.15. The molecule has 1 atom stereocenters. The van der Waals surface area contributed by atoms with Crippen LogP contribution in [0.5, 0.6) is 0 Å². The van der Waals surface area contributed by atoms with Gasteiger partial charge in [-0.15, -0.1) is 0 Å². The number of anilines is 1. The lowest BCUT2D eigenvalue weighted by Crippen LogP contribution is -2.44. The molecule has 0 spiro atoms. The molecule has 0 fully saturated rings. The van der Waals surface area contributed by atoms with Gasteiger partial charge in [-0.05, 0) is 23.8 Å². The fraction of sp³-hybridized carbons (Fsp3) is 0.167. The summed E-state index contributed by atoms with van der Waals surface area (Å²) in [5.74, 6) is -0.508. The summed E-state index contributed by atoms with van der Waals surface area (Å²) in [6.07, 6.45) is 5.48. The van der Waals surface area contributed by atoms with Crippen molar-refractivity contribution in [2.75, 3.05) is 5.32 Å². The molecule has 3 N–H and O–H groups in total. The summed E-state index contributed by atoms with van der Waals surface area (Å²) in [6.45, 7) is 1.40. The maximum Gasteiger partial charge on any atom is 0.247 e. The van der Waals surface area contributed by atoms with E-state index in [4.69, 9.17) is 0 Å². The summed E-state index contributed by atoms with van der Waals surface area (Å²) in [6, 6.07) is 10.6. The molecular formula is C18H18N4O2. The second-order valence-corrected chi connectivity index (χ2v) is 5.54. The van der Waals surface area contributed by atoms with Crippen LogP contribution in [0.15, 0.2) is 55.0 Å². The molecule has 6 heteroatoms. The molecule has 0 aliphatic heterocycles. The second kappa shape index (κ2) is 6.95. The third-order valence-corrected chi connectivity index (χ3v) is 3.74. The summed E-state index contributed by atoms with van der Waals surface area (Å²) < 4.78 is 0. The molecule has 24 heavy (non-hydrogen) atoms. The van der Waals surface area contributed by atoms with Gasteiger partial charge in [-0.25, -0.2) is 0 Å². The molecule has 2 aromatic heterocycles. The van der Waals surface area contributed by atoms with E-state index in [1.165, 1.54) is 6.92 Å². The highest BCUT2D eigenvalue weighted by Crippen LogP contribution is 2.19. The Balaban J connectivity index is 1.81. The Morgan fingerprint density at radius 2 is 1.92 bits per heavy atom. The van der Waals surface area contributed by atoms with Crippen molar-refractivity contribution >= 4 is 28.4 Å². The average Bonchev–Trinajstić information content (AvgIpc) is 2.98. The molecular weight excluding hydrogens is 304 g/mol. The number of para-hydroxylation sites is 1. The van der Waals surface area contributed by atoms with Crippen molar-refractivity contribution in [3.63, 3.8) is 0 Å². The van der Waals surface area contributed by atoms with E-state index in [0.717, 1.165) is 16.5 Å². The number of amides is 2. The van der Waals surface area contributed by atoms with Crippen molar-refractivity contribution in [2.24, 2.45) is 0 Å². The van der Waals surface area contributed by atoms with Gasteiger partial charge >= 0.3 is 0 Å². The van der Waals surface area contributed by atoms with E-state index in [-0.39, 0.29) is 11.8 Å². The Morgan fingerprint density at radius 3 is 2.67 bits per heavy atom. The molecule has 2 amide bonds. The predicted octanol–water partition coefficient (Wildman–Crippen LogP) is 2.25. The molecule has 0 aliphatic rings. The van der Waals surface area contributed by atoms with Gasteiger partial charge in [-0.1, -0.05) is 18.2 Å². The maximum atomic E-state index is 12.6. The number of carbonyl (C=O) groups excluding carboxylic acids is 2. The van der Waals surface area contributed by atoms with Gasteiger partial charge in [0, 0.05) is 48.5 Å². The first-order valence-electron chi connectivity index (χ1n) is 7.66. The minimum Gasteiger partial charge on any atom is -0.361 e. The molecule has 0 bridgehead atoms. The van der Waals surface area contributed by atoms with Crippen molar-refractivity contribution < 1.29 is 9.59 Å². The first-order chi connectivity index (χ1) is 11.6. The van der Waals surface area contributed by atoms with Gasteiger partial charge in [0.25, 0.3) is 0 Å². The van der Waals surface area contributed by atoms with Crippen LogP contribution >= 0.6 is 0 Å². The zero-order valence-electron chi connectivity index (χ0n) is 13.2. The van der Waals surface area contributed by atoms with Crippen molar-refractivity contribution in [3.8, 4) is 0 Å². The first-order valence-corrected chi connectivity index (χ1v) is 7.66. The lowest BCUT2D eigenvalue weighted by molar-refractivity contribution is -0.125. The number of benzene rings is 1. The lowest BCUT2D eigenvalue weighted by atomic mass is 10.0. The summed E-state index contributed by atoms with van der Waals surface area (Å²) >= 11 is 0. The third-order valence-electron chi connectivity index (χ3n) is 3.74. The molecule has 1 aromatic carbocycles. The van der Waals surface area contributed by atoms with Gasteiger partial charge in [0.2, 0.25) is 11.8 Å². The van der Waals surface area contributed by atoms with E-state index in [1.54, 1.807) is 24.5 Å². The van der Waals surface area contributed by atoms with Crippen molar-refractivity contribution in [2.45, 2.75) is 19.4 Å². The van der Waals surface area contributed by atoms with E-state index in [2.05, 4.69) is 20.6 Å². The Morgan fingerprint density at radius 1 is 1.17 bits per heavy atom. The minimum absolute atomic E-state index is 0.246. The SMILES string of the molecule is CC(=O)N[C@@H](Cc1c[nH]c2ccccc12)C(=O)Nc1ccncc1. The van der Waals surface area contributed by atoms with Crippen LogP contribution in [0.4, 0.5) is 5.69 Å². The van der Waals surface area contributed by atoms with Crippen molar-refractivity contribution in [1.82, 2.24) is 15.3 Å². The number of hydrogen-bond donors (Lipinski definition) is 3. The molecule has 0 saturated heterocycles. The number of aromatic nitrogens is 2. The highest BCUT2D eigenvalue weighted by molar-refractivity contribution is 5.97. The Bertz CT molecular complexity index is 858. The van der Waals surface area contributed by atoms with Crippen LogP contribution in [0.2, 0.25) is 0 Å². The molecule has 0 unspecified atom stereocenters. The zero-order chi connectivity index (χ0) is 16.9. The Labute approximate surface area is 139 Å². The Kier molecular flexibility index (Phi) is 4.56. The molecule has 3 aromatic rings. The molecule has 2 heterocycles. The molecule has 0 radical (unpaired) electrons. The number of carbonyl (C=O) groups is 2. The minimum atomic E-state index is -0.658. The van der Waals surface area contributed by atoms with Crippen LogP contribution < -0.4 is 10.6 Å². The van der Waals surface area contributed by atoms with Crippen LogP contribution in [0.1, 0.15) is 12.5 Å². The van der Waals surface area contributed by atoms with Crippen LogP contribution in [-0.2, 0) is 16.0 Å². The third kappa shape index (κ3) is 3.60. The van der Waals surface area contributed by atoms with Gasteiger partial charge in [0.15, 0.2) is 0 Å². The molecule has 0 aliphatic carbocycles. The zero-order valence-corrected chi connectivity index (χ0v) is 13.2. The van der Waals surface area contributed by atoms with Crippen molar-refractivity contribution in [3.05, 3.63) is 60.6 Å². The number of aromatic amines is 1. The van der Waals surface area contributed by atoms with Crippen LogP contribution in [0, 0.1) is 0 Å². The topological polar surface area (TPSA) is 86.9 Å². The van der Waals surface area contributed by atoms with E-state index >= 15 is 0 Å². The van der Waals surface area contributed by atoms with Crippen LogP contribution in [0.3, 0.4) is 0 Å². The highest BCUT2D eigenvalue weighted by atomic mass is 16.2. The van der Waals surface area contributed by atoms with Gasteiger partial charge < -0.3 is 15.6 Å². The number of H-pyrrole nitrogens is 1. The molecule has 6 nitrogen and oxygen atoms in total. The van der Waals surface area contributed by atoms with Crippen molar-refractivity contribution in [1.29, 1.82) is 0 Å². The summed E-state index contributed by atoms with van der Waals surface area (Å²) in [4.78, 5) is 31.1. The van der Waals surface area contributed by atoms with E-state index in [1.807, 2.05) is 30.5 Å². The van der Waals surface area contributed by atoms with E-state index in [9.17, 15) is 9.59 Å². The van der Waals surface area contributed by atoms with Gasteiger partial charge in [-0.2, -0.15) is 0 Å².